The fraction of sp³-hybridized carbons (Fsp3) is 0.273. The molecule has 0 spiro atoms. The van der Waals surface area contributed by atoms with Crippen LogP contribution >= 0.6 is 0 Å². The Balaban J connectivity index is 2.17. The summed E-state index contributed by atoms with van der Waals surface area (Å²) in [6, 6.07) is 10.2. The monoisotopic (exact) mass is 213 g/mol. The van der Waals surface area contributed by atoms with Crippen molar-refractivity contribution in [3.05, 3.63) is 41.2 Å². The van der Waals surface area contributed by atoms with Crippen LogP contribution in [0.5, 0.6) is 0 Å². The van der Waals surface area contributed by atoms with Crippen LogP contribution in [0.3, 0.4) is 0 Å². The van der Waals surface area contributed by atoms with Crippen molar-refractivity contribution in [3.63, 3.8) is 0 Å². The lowest BCUT2D eigenvalue weighted by Crippen LogP contribution is -2.05. The summed E-state index contributed by atoms with van der Waals surface area (Å²) >= 11 is 0. The van der Waals surface area contributed by atoms with Gasteiger partial charge in [0, 0.05) is 6.42 Å². The zero-order valence-corrected chi connectivity index (χ0v) is 8.96. The molecule has 0 N–H and O–H groups in total. The van der Waals surface area contributed by atoms with Gasteiger partial charge in [-0.2, -0.15) is 5.26 Å². The molecule has 2 rings (SSSR count). The lowest BCUT2D eigenvalue weighted by Gasteiger charge is -2.01. The average molecular weight is 213 g/mol. The molecule has 80 valence electrons. The lowest BCUT2D eigenvalue weighted by atomic mass is 10.1. The van der Waals surface area contributed by atoms with E-state index in [2.05, 4.69) is 15.5 Å². The fourth-order valence-electron chi connectivity index (χ4n) is 1.43. The molecule has 0 radical (unpaired) electrons. The van der Waals surface area contributed by atoms with Crippen molar-refractivity contribution < 1.29 is 0 Å². The summed E-state index contributed by atoms with van der Waals surface area (Å²) in [5.74, 6) is 0.713. The number of aryl methyl sites for hydroxylation is 1. The second kappa shape index (κ2) is 4.53. The Bertz CT molecular complexity index is 506. The molecule has 5 nitrogen and oxygen atoms in total. The third-order valence-corrected chi connectivity index (χ3v) is 2.31. The van der Waals surface area contributed by atoms with E-state index in [0.717, 1.165) is 5.56 Å². The number of rotatable bonds is 3. The van der Waals surface area contributed by atoms with Gasteiger partial charge in [-0.05, 0) is 22.9 Å². The smallest absolute Gasteiger partial charge is 0.156 e. The first-order valence-electron chi connectivity index (χ1n) is 4.97. The predicted molar refractivity (Wildman–Crippen MR) is 57.4 cm³/mol. The Hall–Kier alpha value is -2.22. The zero-order chi connectivity index (χ0) is 11.4. The average Bonchev–Trinajstić information content (AvgIpc) is 2.70. The van der Waals surface area contributed by atoms with Gasteiger partial charge in [0.1, 0.15) is 6.54 Å². The topological polar surface area (TPSA) is 67.4 Å². The van der Waals surface area contributed by atoms with Crippen molar-refractivity contribution in [3.8, 4) is 6.07 Å². The summed E-state index contributed by atoms with van der Waals surface area (Å²) in [5, 5.41) is 19.8. The summed E-state index contributed by atoms with van der Waals surface area (Å²) in [5.41, 5.74) is 2.36. The Morgan fingerprint density at radius 1 is 1.31 bits per heavy atom. The van der Waals surface area contributed by atoms with Gasteiger partial charge in [-0.1, -0.05) is 29.8 Å². The van der Waals surface area contributed by atoms with Crippen LogP contribution in [0.1, 0.15) is 17.0 Å². The molecule has 0 fully saturated rings. The highest BCUT2D eigenvalue weighted by Crippen LogP contribution is 2.07. The summed E-state index contributed by atoms with van der Waals surface area (Å²) in [7, 11) is 0. The van der Waals surface area contributed by atoms with E-state index in [1.807, 2.05) is 37.3 Å². The van der Waals surface area contributed by atoms with Gasteiger partial charge in [-0.15, -0.1) is 5.10 Å². The predicted octanol–water partition coefficient (Wildman–Crippen LogP) is 1.10. The molecule has 2 aromatic rings. The molecule has 0 atom stereocenters. The normalized spacial score (nSPS) is 10.0. The molecule has 0 saturated heterocycles. The molecule has 0 unspecified atom stereocenters. The van der Waals surface area contributed by atoms with Crippen molar-refractivity contribution in [1.82, 2.24) is 20.2 Å². The summed E-state index contributed by atoms with van der Waals surface area (Å²) in [6.45, 7) is 2.23. The van der Waals surface area contributed by atoms with E-state index < -0.39 is 0 Å². The zero-order valence-electron chi connectivity index (χ0n) is 8.96. The molecular formula is C11H11N5. The molecule has 0 amide bonds. The molecule has 0 aliphatic heterocycles. The van der Waals surface area contributed by atoms with Gasteiger partial charge in [0.25, 0.3) is 0 Å². The standard InChI is InChI=1S/C11H11N5/c1-9-2-4-10(5-3-9)8-11-13-14-15-16(11)7-6-12/h2-5H,7-8H2,1H3. The molecule has 0 bridgehead atoms. The molecule has 1 heterocycles. The minimum Gasteiger partial charge on any atom is -0.215 e. The van der Waals surface area contributed by atoms with Crippen molar-refractivity contribution >= 4 is 0 Å². The molecule has 1 aromatic heterocycles. The first-order chi connectivity index (χ1) is 7.79. The minimum atomic E-state index is 0.189. The highest BCUT2D eigenvalue weighted by atomic mass is 15.5. The van der Waals surface area contributed by atoms with E-state index in [1.54, 1.807) is 0 Å². The van der Waals surface area contributed by atoms with Crippen LogP contribution in [0.15, 0.2) is 24.3 Å². The van der Waals surface area contributed by atoms with Gasteiger partial charge in [0.2, 0.25) is 0 Å². The van der Waals surface area contributed by atoms with E-state index in [4.69, 9.17) is 5.26 Å². The van der Waals surface area contributed by atoms with Crippen molar-refractivity contribution in [2.24, 2.45) is 0 Å². The summed E-state index contributed by atoms with van der Waals surface area (Å²) in [6.07, 6.45) is 0.648. The fourth-order valence-corrected chi connectivity index (χ4v) is 1.43. The molecule has 5 heteroatoms. The number of hydrogen-bond donors (Lipinski definition) is 0. The second-order valence-corrected chi connectivity index (χ2v) is 3.57. The maximum absolute atomic E-state index is 8.60. The largest absolute Gasteiger partial charge is 0.215 e. The molecule has 0 aliphatic carbocycles. The van der Waals surface area contributed by atoms with Gasteiger partial charge in [-0.3, -0.25) is 0 Å². The van der Waals surface area contributed by atoms with E-state index in [-0.39, 0.29) is 6.54 Å². The Labute approximate surface area is 93.3 Å². The molecule has 0 saturated carbocycles. The molecular weight excluding hydrogens is 202 g/mol. The van der Waals surface area contributed by atoms with Gasteiger partial charge in [-0.25, -0.2) is 4.68 Å². The molecule has 1 aromatic carbocycles. The van der Waals surface area contributed by atoms with Crippen LogP contribution in [-0.2, 0) is 13.0 Å². The quantitative estimate of drug-likeness (QED) is 0.765. The Kier molecular flexibility index (Phi) is 2.92. The van der Waals surface area contributed by atoms with Crippen LogP contribution in [0.4, 0.5) is 0 Å². The minimum absolute atomic E-state index is 0.189. The molecule has 0 aliphatic rings. The second-order valence-electron chi connectivity index (χ2n) is 3.57. The van der Waals surface area contributed by atoms with Crippen LogP contribution in [0.2, 0.25) is 0 Å². The highest BCUT2D eigenvalue weighted by Gasteiger charge is 2.05. The van der Waals surface area contributed by atoms with Crippen molar-refractivity contribution in [1.29, 1.82) is 5.26 Å². The van der Waals surface area contributed by atoms with Gasteiger partial charge in [0.15, 0.2) is 5.82 Å². The number of nitrogens with zero attached hydrogens (tertiary/aromatic N) is 5. The number of hydrogen-bond acceptors (Lipinski definition) is 4. The number of nitriles is 1. The first kappa shape index (κ1) is 10.3. The Morgan fingerprint density at radius 3 is 2.75 bits per heavy atom. The third-order valence-electron chi connectivity index (χ3n) is 2.31. The van der Waals surface area contributed by atoms with E-state index in [1.165, 1.54) is 10.2 Å². The lowest BCUT2D eigenvalue weighted by molar-refractivity contribution is 0.642. The van der Waals surface area contributed by atoms with E-state index >= 15 is 0 Å². The summed E-state index contributed by atoms with van der Waals surface area (Å²) < 4.78 is 1.51. The van der Waals surface area contributed by atoms with Crippen molar-refractivity contribution in [2.45, 2.75) is 19.9 Å². The van der Waals surface area contributed by atoms with E-state index in [0.29, 0.717) is 12.2 Å². The maximum Gasteiger partial charge on any atom is 0.156 e. The Morgan fingerprint density at radius 2 is 2.06 bits per heavy atom. The van der Waals surface area contributed by atoms with Gasteiger partial charge >= 0.3 is 0 Å². The third kappa shape index (κ3) is 2.23. The van der Waals surface area contributed by atoms with Gasteiger partial charge in [0.05, 0.1) is 6.07 Å². The van der Waals surface area contributed by atoms with Crippen molar-refractivity contribution in [2.75, 3.05) is 0 Å². The number of benzene rings is 1. The number of tetrazole rings is 1. The van der Waals surface area contributed by atoms with Crippen LogP contribution in [0, 0.1) is 18.3 Å². The van der Waals surface area contributed by atoms with E-state index in [9.17, 15) is 0 Å². The van der Waals surface area contributed by atoms with Crippen LogP contribution in [-0.4, -0.2) is 20.2 Å². The van der Waals surface area contributed by atoms with Crippen LogP contribution < -0.4 is 0 Å². The maximum atomic E-state index is 8.60. The van der Waals surface area contributed by atoms with Gasteiger partial charge < -0.3 is 0 Å². The molecule has 16 heavy (non-hydrogen) atoms. The first-order valence-corrected chi connectivity index (χ1v) is 4.97. The van der Waals surface area contributed by atoms with Crippen LogP contribution in [0.25, 0.3) is 0 Å². The summed E-state index contributed by atoms with van der Waals surface area (Å²) in [4.78, 5) is 0. The highest BCUT2D eigenvalue weighted by molar-refractivity contribution is 5.23. The SMILES string of the molecule is Cc1ccc(Cc2nnnn2CC#N)cc1. The number of aromatic nitrogens is 4.